The number of anilines is 2. The summed E-state index contributed by atoms with van der Waals surface area (Å²) >= 11 is 0. The lowest BCUT2D eigenvalue weighted by Gasteiger charge is -2.20. The van der Waals surface area contributed by atoms with Crippen LogP contribution in [0.25, 0.3) is 0 Å². The van der Waals surface area contributed by atoms with Gasteiger partial charge in [-0.1, -0.05) is 35.9 Å². The van der Waals surface area contributed by atoms with Gasteiger partial charge >= 0.3 is 0 Å². The third kappa shape index (κ3) is 4.99. The summed E-state index contributed by atoms with van der Waals surface area (Å²) in [6.45, 7) is 3.67. The molecule has 156 valence electrons. The number of amides is 1. The summed E-state index contributed by atoms with van der Waals surface area (Å²) in [6, 6.07) is 20.7. The highest BCUT2D eigenvalue weighted by Gasteiger charge is 2.21. The number of hydrogen-bond acceptors (Lipinski definition) is 4. The molecular weight excluding hydrogens is 400 g/mol. The SMILES string of the molecule is Cc1ccc(S(=O)(=O)N(C)c2ccc(OCC(=O)Nc3ccccc3C)cc2)cc1. The molecule has 7 heteroatoms. The summed E-state index contributed by atoms with van der Waals surface area (Å²) in [5, 5.41) is 2.80. The van der Waals surface area contributed by atoms with E-state index >= 15 is 0 Å². The monoisotopic (exact) mass is 424 g/mol. The second kappa shape index (κ2) is 9.00. The number of nitrogens with zero attached hydrogens (tertiary/aromatic N) is 1. The van der Waals surface area contributed by atoms with Crippen molar-refractivity contribution in [1.82, 2.24) is 0 Å². The van der Waals surface area contributed by atoms with E-state index in [4.69, 9.17) is 4.74 Å². The fourth-order valence-corrected chi connectivity index (χ4v) is 4.00. The normalized spacial score (nSPS) is 11.0. The Hall–Kier alpha value is -3.32. The van der Waals surface area contributed by atoms with Gasteiger partial charge in [-0.05, 0) is 61.9 Å². The maximum Gasteiger partial charge on any atom is 0.264 e. The minimum absolute atomic E-state index is 0.148. The van der Waals surface area contributed by atoms with Gasteiger partial charge in [-0.3, -0.25) is 9.10 Å². The topological polar surface area (TPSA) is 75.7 Å². The summed E-state index contributed by atoms with van der Waals surface area (Å²) < 4.78 is 32.3. The van der Waals surface area contributed by atoms with E-state index in [9.17, 15) is 13.2 Å². The Morgan fingerprint density at radius 1 is 0.933 bits per heavy atom. The maximum atomic E-state index is 12.8. The Labute approximate surface area is 177 Å². The number of ether oxygens (including phenoxy) is 1. The minimum Gasteiger partial charge on any atom is -0.484 e. The maximum absolute atomic E-state index is 12.8. The molecule has 1 amide bonds. The molecule has 3 rings (SSSR count). The van der Waals surface area contributed by atoms with Crippen LogP contribution in [0.5, 0.6) is 5.75 Å². The molecule has 0 saturated carbocycles. The highest BCUT2D eigenvalue weighted by Crippen LogP contribution is 2.24. The summed E-state index contributed by atoms with van der Waals surface area (Å²) in [6.07, 6.45) is 0. The molecule has 0 aliphatic heterocycles. The predicted octanol–water partition coefficient (Wildman–Crippen LogP) is 4.15. The van der Waals surface area contributed by atoms with Gasteiger partial charge in [0.1, 0.15) is 5.75 Å². The lowest BCUT2D eigenvalue weighted by molar-refractivity contribution is -0.118. The molecule has 0 fully saturated rings. The van der Waals surface area contributed by atoms with Crippen molar-refractivity contribution in [2.45, 2.75) is 18.7 Å². The van der Waals surface area contributed by atoms with Crippen LogP contribution in [0.1, 0.15) is 11.1 Å². The molecule has 0 bridgehead atoms. The number of rotatable bonds is 7. The Morgan fingerprint density at radius 2 is 1.57 bits per heavy atom. The van der Waals surface area contributed by atoms with E-state index in [1.165, 1.54) is 11.4 Å². The zero-order chi connectivity index (χ0) is 21.7. The van der Waals surface area contributed by atoms with E-state index in [0.29, 0.717) is 11.4 Å². The average molecular weight is 425 g/mol. The number of carbonyl (C=O) groups excluding carboxylic acids is 1. The van der Waals surface area contributed by atoms with Gasteiger partial charge in [-0.2, -0.15) is 0 Å². The quantitative estimate of drug-likeness (QED) is 0.618. The molecule has 0 aromatic heterocycles. The predicted molar refractivity (Wildman–Crippen MR) is 119 cm³/mol. The fourth-order valence-electron chi connectivity index (χ4n) is 2.81. The van der Waals surface area contributed by atoms with Crippen LogP contribution in [0, 0.1) is 13.8 Å². The Balaban J connectivity index is 1.62. The molecule has 0 aliphatic rings. The van der Waals surface area contributed by atoms with E-state index in [1.807, 2.05) is 38.1 Å². The van der Waals surface area contributed by atoms with Gasteiger partial charge < -0.3 is 10.1 Å². The molecule has 0 atom stereocenters. The highest BCUT2D eigenvalue weighted by atomic mass is 32.2. The standard InChI is InChI=1S/C23H24N2O4S/c1-17-8-14-21(15-9-17)30(27,28)25(3)19-10-12-20(13-11-19)29-16-23(26)24-22-7-5-4-6-18(22)2/h4-15H,16H2,1-3H3,(H,24,26). The van der Waals surface area contributed by atoms with Crippen molar-refractivity contribution in [3.05, 3.63) is 83.9 Å². The van der Waals surface area contributed by atoms with Crippen LogP contribution in [-0.2, 0) is 14.8 Å². The van der Waals surface area contributed by atoms with Crippen LogP contribution >= 0.6 is 0 Å². The third-order valence-electron chi connectivity index (χ3n) is 4.67. The van der Waals surface area contributed by atoms with Crippen molar-refractivity contribution < 1.29 is 17.9 Å². The first-order valence-corrected chi connectivity index (χ1v) is 10.9. The average Bonchev–Trinajstić information content (AvgIpc) is 2.74. The van der Waals surface area contributed by atoms with Crippen LogP contribution in [0.15, 0.2) is 77.7 Å². The van der Waals surface area contributed by atoms with Gasteiger partial charge in [0.05, 0.1) is 10.6 Å². The first-order valence-electron chi connectivity index (χ1n) is 9.41. The Morgan fingerprint density at radius 3 is 2.20 bits per heavy atom. The van der Waals surface area contributed by atoms with Crippen molar-refractivity contribution in [3.8, 4) is 5.75 Å². The van der Waals surface area contributed by atoms with Crippen LogP contribution in [0.4, 0.5) is 11.4 Å². The molecular formula is C23H24N2O4S. The van der Waals surface area contributed by atoms with Crippen molar-refractivity contribution >= 4 is 27.3 Å². The van der Waals surface area contributed by atoms with Crippen molar-refractivity contribution in [2.24, 2.45) is 0 Å². The molecule has 30 heavy (non-hydrogen) atoms. The lowest BCUT2D eigenvalue weighted by atomic mass is 10.2. The van der Waals surface area contributed by atoms with Crippen LogP contribution in [0.3, 0.4) is 0 Å². The number of carbonyl (C=O) groups is 1. The molecule has 3 aromatic carbocycles. The van der Waals surface area contributed by atoms with Gasteiger partial charge in [0.25, 0.3) is 15.9 Å². The van der Waals surface area contributed by atoms with Crippen molar-refractivity contribution in [3.63, 3.8) is 0 Å². The Bertz CT molecular complexity index is 1120. The van der Waals surface area contributed by atoms with Gasteiger partial charge in [0, 0.05) is 12.7 Å². The molecule has 0 spiro atoms. The number of hydrogen-bond donors (Lipinski definition) is 1. The summed E-state index contributed by atoms with van der Waals surface area (Å²) in [5.74, 6) is 0.201. The summed E-state index contributed by atoms with van der Waals surface area (Å²) in [5.41, 5.74) is 3.19. The fraction of sp³-hybridized carbons (Fsp3) is 0.174. The van der Waals surface area contributed by atoms with Gasteiger partial charge in [0.15, 0.2) is 6.61 Å². The van der Waals surface area contributed by atoms with Crippen LogP contribution in [0.2, 0.25) is 0 Å². The van der Waals surface area contributed by atoms with Gasteiger partial charge in [-0.25, -0.2) is 8.42 Å². The first-order chi connectivity index (χ1) is 14.3. The molecule has 6 nitrogen and oxygen atoms in total. The highest BCUT2D eigenvalue weighted by molar-refractivity contribution is 7.92. The summed E-state index contributed by atoms with van der Waals surface area (Å²) in [7, 11) is -2.16. The molecule has 0 aliphatic carbocycles. The molecule has 0 saturated heterocycles. The van der Waals surface area contributed by atoms with Gasteiger partial charge in [0.2, 0.25) is 0 Å². The number of benzene rings is 3. The number of nitrogens with one attached hydrogen (secondary N) is 1. The van der Waals surface area contributed by atoms with E-state index < -0.39 is 10.0 Å². The van der Waals surface area contributed by atoms with E-state index in [-0.39, 0.29) is 17.4 Å². The molecule has 0 heterocycles. The second-order valence-electron chi connectivity index (χ2n) is 6.93. The van der Waals surface area contributed by atoms with E-state index in [1.54, 1.807) is 48.5 Å². The van der Waals surface area contributed by atoms with Crippen LogP contribution in [-0.4, -0.2) is 28.0 Å². The second-order valence-corrected chi connectivity index (χ2v) is 8.90. The van der Waals surface area contributed by atoms with Crippen LogP contribution < -0.4 is 14.4 Å². The zero-order valence-corrected chi connectivity index (χ0v) is 17.9. The van der Waals surface area contributed by atoms with Crippen molar-refractivity contribution in [1.29, 1.82) is 0 Å². The minimum atomic E-state index is -3.66. The Kier molecular flexibility index (Phi) is 6.42. The summed E-state index contributed by atoms with van der Waals surface area (Å²) in [4.78, 5) is 12.3. The smallest absolute Gasteiger partial charge is 0.264 e. The zero-order valence-electron chi connectivity index (χ0n) is 17.1. The molecule has 0 unspecified atom stereocenters. The third-order valence-corrected chi connectivity index (χ3v) is 6.47. The van der Waals surface area contributed by atoms with E-state index in [0.717, 1.165) is 16.8 Å². The van der Waals surface area contributed by atoms with Gasteiger partial charge in [-0.15, -0.1) is 0 Å². The first kappa shape index (κ1) is 21.4. The molecule has 3 aromatic rings. The van der Waals surface area contributed by atoms with Crippen molar-refractivity contribution in [2.75, 3.05) is 23.3 Å². The molecule has 1 N–H and O–H groups in total. The number of sulfonamides is 1. The largest absolute Gasteiger partial charge is 0.484 e. The number of aryl methyl sites for hydroxylation is 2. The lowest BCUT2D eigenvalue weighted by Crippen LogP contribution is -2.26. The number of para-hydroxylation sites is 1. The van der Waals surface area contributed by atoms with E-state index in [2.05, 4.69) is 5.32 Å². The molecule has 0 radical (unpaired) electrons.